The average Bonchev–Trinajstić information content (AvgIpc) is 2.69. The Balaban J connectivity index is 2.35. The topological polar surface area (TPSA) is 28.2 Å². The Labute approximate surface area is 123 Å². The number of aromatic nitrogens is 1. The van der Waals surface area contributed by atoms with Crippen LogP contribution in [-0.4, -0.2) is 25.1 Å². The van der Waals surface area contributed by atoms with E-state index < -0.39 is 0 Å². The van der Waals surface area contributed by atoms with E-state index in [2.05, 4.69) is 57.0 Å². The van der Waals surface area contributed by atoms with Gasteiger partial charge in [-0.05, 0) is 36.6 Å². The number of nitrogens with zero attached hydrogens (tertiary/aromatic N) is 2. The molecule has 2 rings (SSSR count). The minimum absolute atomic E-state index is 0.0927. The van der Waals surface area contributed by atoms with Crippen LogP contribution < -0.4 is 10.2 Å². The van der Waals surface area contributed by atoms with Crippen molar-refractivity contribution in [1.82, 2.24) is 10.3 Å². The standard InChI is InChI=1S/C17H29N3/c1-12-10-20(11-13(12)2)16-8-14(9-18-6)7-15(19-16)17(3,4)5/h7-8,12-13,18H,9-11H2,1-6H3. The highest BCUT2D eigenvalue weighted by molar-refractivity contribution is 5.45. The molecule has 0 bridgehead atoms. The molecule has 1 fully saturated rings. The number of nitrogens with one attached hydrogen (secondary N) is 1. The van der Waals surface area contributed by atoms with Crippen LogP contribution in [-0.2, 0) is 12.0 Å². The second kappa shape index (κ2) is 5.72. The highest BCUT2D eigenvalue weighted by Crippen LogP contribution is 2.30. The van der Waals surface area contributed by atoms with Crippen LogP contribution in [0.5, 0.6) is 0 Å². The van der Waals surface area contributed by atoms with Gasteiger partial charge in [0.2, 0.25) is 0 Å². The van der Waals surface area contributed by atoms with Gasteiger partial charge < -0.3 is 10.2 Å². The summed E-state index contributed by atoms with van der Waals surface area (Å²) in [5.74, 6) is 2.66. The molecule has 1 aromatic heterocycles. The van der Waals surface area contributed by atoms with E-state index in [0.717, 1.165) is 37.3 Å². The molecule has 1 N–H and O–H groups in total. The molecule has 2 unspecified atom stereocenters. The summed E-state index contributed by atoms with van der Waals surface area (Å²) in [6, 6.07) is 4.49. The number of rotatable bonds is 3. The summed E-state index contributed by atoms with van der Waals surface area (Å²) < 4.78 is 0. The van der Waals surface area contributed by atoms with Crippen LogP contribution in [0.3, 0.4) is 0 Å². The summed E-state index contributed by atoms with van der Waals surface area (Å²) in [5.41, 5.74) is 2.61. The first-order valence-corrected chi connectivity index (χ1v) is 7.72. The highest BCUT2D eigenvalue weighted by Gasteiger charge is 2.28. The van der Waals surface area contributed by atoms with E-state index in [1.165, 1.54) is 11.3 Å². The molecule has 0 aliphatic carbocycles. The Morgan fingerprint density at radius 1 is 1.20 bits per heavy atom. The zero-order valence-corrected chi connectivity index (χ0v) is 13.8. The Morgan fingerprint density at radius 2 is 1.80 bits per heavy atom. The molecule has 1 aromatic rings. The van der Waals surface area contributed by atoms with Crippen molar-refractivity contribution in [2.24, 2.45) is 11.8 Å². The predicted molar refractivity (Wildman–Crippen MR) is 86.2 cm³/mol. The van der Waals surface area contributed by atoms with Crippen molar-refractivity contribution in [3.63, 3.8) is 0 Å². The van der Waals surface area contributed by atoms with E-state index >= 15 is 0 Å². The van der Waals surface area contributed by atoms with E-state index in [0.29, 0.717) is 0 Å². The van der Waals surface area contributed by atoms with Crippen molar-refractivity contribution in [3.8, 4) is 0 Å². The molecule has 1 aliphatic heterocycles. The quantitative estimate of drug-likeness (QED) is 0.918. The smallest absolute Gasteiger partial charge is 0.129 e. The summed E-state index contributed by atoms with van der Waals surface area (Å²) >= 11 is 0. The maximum absolute atomic E-state index is 4.94. The average molecular weight is 275 g/mol. The fourth-order valence-electron chi connectivity index (χ4n) is 2.74. The summed E-state index contributed by atoms with van der Waals surface area (Å²) in [5, 5.41) is 3.25. The largest absolute Gasteiger partial charge is 0.356 e. The van der Waals surface area contributed by atoms with Crippen molar-refractivity contribution in [2.45, 2.75) is 46.6 Å². The minimum atomic E-state index is 0.0927. The summed E-state index contributed by atoms with van der Waals surface area (Å²) in [4.78, 5) is 7.38. The Hall–Kier alpha value is -1.09. The van der Waals surface area contributed by atoms with Crippen molar-refractivity contribution < 1.29 is 0 Å². The third-order valence-electron chi connectivity index (χ3n) is 4.33. The molecule has 0 saturated carbocycles. The maximum Gasteiger partial charge on any atom is 0.129 e. The zero-order valence-electron chi connectivity index (χ0n) is 13.8. The van der Waals surface area contributed by atoms with Gasteiger partial charge in [0.15, 0.2) is 0 Å². The van der Waals surface area contributed by atoms with Gasteiger partial charge in [0.05, 0.1) is 0 Å². The summed E-state index contributed by atoms with van der Waals surface area (Å²) in [7, 11) is 2.00. The van der Waals surface area contributed by atoms with E-state index in [4.69, 9.17) is 4.98 Å². The molecule has 2 heterocycles. The molecule has 2 atom stereocenters. The monoisotopic (exact) mass is 275 g/mol. The SMILES string of the molecule is CNCc1cc(N2CC(C)C(C)C2)nc(C(C)(C)C)c1. The van der Waals surface area contributed by atoms with Gasteiger partial charge in [-0.15, -0.1) is 0 Å². The van der Waals surface area contributed by atoms with Crippen molar-refractivity contribution in [1.29, 1.82) is 0 Å². The Kier molecular flexibility index (Phi) is 4.38. The Bertz CT molecular complexity index is 452. The van der Waals surface area contributed by atoms with Crippen LogP contribution in [0.4, 0.5) is 5.82 Å². The van der Waals surface area contributed by atoms with Crippen molar-refractivity contribution in [3.05, 3.63) is 23.4 Å². The van der Waals surface area contributed by atoms with E-state index in [1.54, 1.807) is 0 Å². The van der Waals surface area contributed by atoms with Crippen molar-refractivity contribution >= 4 is 5.82 Å². The maximum atomic E-state index is 4.94. The fourth-order valence-corrected chi connectivity index (χ4v) is 2.74. The molecule has 3 heteroatoms. The lowest BCUT2D eigenvalue weighted by Crippen LogP contribution is -2.24. The molecule has 0 radical (unpaired) electrons. The first-order valence-electron chi connectivity index (χ1n) is 7.72. The third kappa shape index (κ3) is 3.32. The van der Waals surface area contributed by atoms with Crippen LogP contribution in [0.1, 0.15) is 45.9 Å². The van der Waals surface area contributed by atoms with Gasteiger partial charge in [0.25, 0.3) is 0 Å². The lowest BCUT2D eigenvalue weighted by molar-refractivity contribution is 0.494. The second-order valence-electron chi connectivity index (χ2n) is 7.36. The molecule has 3 nitrogen and oxygen atoms in total. The molecular weight excluding hydrogens is 246 g/mol. The van der Waals surface area contributed by atoms with Crippen LogP contribution in [0, 0.1) is 11.8 Å². The summed E-state index contributed by atoms with van der Waals surface area (Å²) in [6.07, 6.45) is 0. The van der Waals surface area contributed by atoms with E-state index in [-0.39, 0.29) is 5.41 Å². The highest BCUT2D eigenvalue weighted by atomic mass is 15.2. The molecule has 0 amide bonds. The fraction of sp³-hybridized carbons (Fsp3) is 0.706. The molecule has 0 aromatic carbocycles. The predicted octanol–water partition coefficient (Wildman–Crippen LogP) is 3.19. The normalized spacial score (nSPS) is 23.4. The first-order chi connectivity index (χ1) is 9.31. The van der Waals surface area contributed by atoms with Gasteiger partial charge >= 0.3 is 0 Å². The Morgan fingerprint density at radius 3 is 2.30 bits per heavy atom. The first kappa shape index (κ1) is 15.3. The third-order valence-corrected chi connectivity index (χ3v) is 4.33. The van der Waals surface area contributed by atoms with Crippen LogP contribution in [0.25, 0.3) is 0 Å². The van der Waals surface area contributed by atoms with Crippen LogP contribution in [0.15, 0.2) is 12.1 Å². The van der Waals surface area contributed by atoms with E-state index in [1.807, 2.05) is 7.05 Å². The van der Waals surface area contributed by atoms with Gasteiger partial charge in [-0.3, -0.25) is 0 Å². The van der Waals surface area contributed by atoms with Gasteiger partial charge in [-0.2, -0.15) is 0 Å². The van der Waals surface area contributed by atoms with Gasteiger partial charge in [0, 0.05) is 30.7 Å². The molecular formula is C17H29N3. The minimum Gasteiger partial charge on any atom is -0.356 e. The number of hydrogen-bond acceptors (Lipinski definition) is 3. The van der Waals surface area contributed by atoms with Gasteiger partial charge in [0.1, 0.15) is 5.82 Å². The zero-order chi connectivity index (χ0) is 14.9. The number of anilines is 1. The number of pyridine rings is 1. The molecule has 20 heavy (non-hydrogen) atoms. The van der Waals surface area contributed by atoms with Crippen LogP contribution in [0.2, 0.25) is 0 Å². The van der Waals surface area contributed by atoms with Gasteiger partial charge in [-0.25, -0.2) is 4.98 Å². The van der Waals surface area contributed by atoms with Crippen LogP contribution >= 0.6 is 0 Å². The second-order valence-corrected chi connectivity index (χ2v) is 7.36. The molecule has 112 valence electrons. The van der Waals surface area contributed by atoms with Gasteiger partial charge in [-0.1, -0.05) is 34.6 Å². The van der Waals surface area contributed by atoms with E-state index in [9.17, 15) is 0 Å². The summed E-state index contributed by atoms with van der Waals surface area (Å²) in [6.45, 7) is 14.5. The molecule has 0 spiro atoms. The lowest BCUT2D eigenvalue weighted by Gasteiger charge is -2.24. The number of hydrogen-bond donors (Lipinski definition) is 1. The lowest BCUT2D eigenvalue weighted by atomic mass is 9.90. The van der Waals surface area contributed by atoms with Crippen molar-refractivity contribution in [2.75, 3.05) is 25.0 Å². The molecule has 1 saturated heterocycles. The molecule has 1 aliphatic rings.